The molecule has 0 aliphatic heterocycles. The molecule has 2 aromatic carbocycles. The van der Waals surface area contributed by atoms with Crippen molar-refractivity contribution in [1.82, 2.24) is 9.55 Å². The quantitative estimate of drug-likeness (QED) is 0.289. The summed E-state index contributed by atoms with van der Waals surface area (Å²) in [7, 11) is 0. The van der Waals surface area contributed by atoms with E-state index in [1.807, 2.05) is 74.5 Å². The molecule has 6 heteroatoms. The van der Waals surface area contributed by atoms with Crippen LogP contribution in [0.25, 0.3) is 16.9 Å². The van der Waals surface area contributed by atoms with Gasteiger partial charge < -0.3 is 18.8 Å². The molecule has 34 heavy (non-hydrogen) atoms. The van der Waals surface area contributed by atoms with Gasteiger partial charge in [-0.05, 0) is 68.8 Å². The summed E-state index contributed by atoms with van der Waals surface area (Å²) < 4.78 is 19.0. The second kappa shape index (κ2) is 10.7. The summed E-state index contributed by atoms with van der Waals surface area (Å²) in [5, 5.41) is 0. The van der Waals surface area contributed by atoms with Gasteiger partial charge in [-0.25, -0.2) is 4.79 Å². The van der Waals surface area contributed by atoms with Gasteiger partial charge in [0, 0.05) is 17.5 Å². The predicted molar refractivity (Wildman–Crippen MR) is 132 cm³/mol. The molecule has 0 N–H and O–H groups in total. The molecule has 0 amide bonds. The normalized spacial score (nSPS) is 10.7. The highest BCUT2D eigenvalue weighted by Crippen LogP contribution is 2.34. The molecule has 4 rings (SSSR count). The summed E-state index contributed by atoms with van der Waals surface area (Å²) in [5.74, 6) is 1.23. The highest BCUT2D eigenvalue weighted by molar-refractivity contribution is 5.89. The van der Waals surface area contributed by atoms with E-state index in [1.165, 1.54) is 6.20 Å². The van der Waals surface area contributed by atoms with E-state index >= 15 is 0 Å². The summed E-state index contributed by atoms with van der Waals surface area (Å²) in [5.41, 5.74) is 5.16. The number of ether oxygens (including phenoxy) is 3. The highest BCUT2D eigenvalue weighted by atomic mass is 16.5. The molecular formula is C28H28N2O4. The fourth-order valence-electron chi connectivity index (χ4n) is 3.78. The van der Waals surface area contributed by atoms with Gasteiger partial charge in [0.05, 0.1) is 36.4 Å². The Labute approximate surface area is 199 Å². The van der Waals surface area contributed by atoms with Gasteiger partial charge in [-0.2, -0.15) is 0 Å². The number of para-hydroxylation sites is 1. The van der Waals surface area contributed by atoms with Crippen LogP contribution in [0.5, 0.6) is 11.5 Å². The lowest BCUT2D eigenvalue weighted by molar-refractivity contribution is 0.0526. The Bertz CT molecular complexity index is 1260. The lowest BCUT2D eigenvalue weighted by atomic mass is 10.1. The van der Waals surface area contributed by atoms with Gasteiger partial charge in [0.25, 0.3) is 0 Å². The first-order valence-electron chi connectivity index (χ1n) is 11.4. The minimum atomic E-state index is -0.387. The summed E-state index contributed by atoms with van der Waals surface area (Å²) >= 11 is 0. The van der Waals surface area contributed by atoms with Crippen LogP contribution in [0.15, 0.2) is 79.1 Å². The van der Waals surface area contributed by atoms with Gasteiger partial charge in [0.2, 0.25) is 0 Å². The topological polar surface area (TPSA) is 62.6 Å². The van der Waals surface area contributed by atoms with Gasteiger partial charge in [-0.3, -0.25) is 4.98 Å². The largest absolute Gasteiger partial charge is 0.494 e. The number of carbonyl (C=O) groups is 1. The van der Waals surface area contributed by atoms with Gasteiger partial charge >= 0.3 is 5.97 Å². The van der Waals surface area contributed by atoms with Crippen LogP contribution in [0.4, 0.5) is 0 Å². The Morgan fingerprint density at radius 3 is 2.47 bits per heavy atom. The van der Waals surface area contributed by atoms with Crippen molar-refractivity contribution in [2.24, 2.45) is 0 Å². The average Bonchev–Trinajstić information content (AvgIpc) is 3.25. The summed E-state index contributed by atoms with van der Waals surface area (Å²) in [4.78, 5) is 16.5. The molecule has 0 saturated carbocycles. The van der Waals surface area contributed by atoms with Crippen LogP contribution in [-0.2, 0) is 11.3 Å². The minimum Gasteiger partial charge on any atom is -0.494 e. The number of aromatic nitrogens is 2. The number of rotatable bonds is 9. The van der Waals surface area contributed by atoms with Crippen molar-refractivity contribution in [3.63, 3.8) is 0 Å². The number of hydrogen-bond donors (Lipinski definition) is 0. The first kappa shape index (κ1) is 23.1. The molecule has 0 atom stereocenters. The third-order valence-electron chi connectivity index (χ3n) is 5.36. The number of nitrogens with zero attached hydrogens (tertiary/aromatic N) is 2. The first-order valence-corrected chi connectivity index (χ1v) is 11.4. The van der Waals surface area contributed by atoms with Crippen LogP contribution in [0.2, 0.25) is 0 Å². The Morgan fingerprint density at radius 1 is 0.912 bits per heavy atom. The number of esters is 1. The van der Waals surface area contributed by atoms with Gasteiger partial charge in [0.1, 0.15) is 18.1 Å². The van der Waals surface area contributed by atoms with E-state index < -0.39 is 0 Å². The van der Waals surface area contributed by atoms with Crippen molar-refractivity contribution < 1.29 is 19.0 Å². The van der Waals surface area contributed by atoms with Crippen LogP contribution in [0.3, 0.4) is 0 Å². The van der Waals surface area contributed by atoms with E-state index in [2.05, 4.69) is 9.55 Å². The maximum absolute atomic E-state index is 12.2. The molecule has 4 aromatic rings. The summed E-state index contributed by atoms with van der Waals surface area (Å²) in [6.45, 7) is 7.16. The van der Waals surface area contributed by atoms with Crippen LogP contribution >= 0.6 is 0 Å². The Hall–Kier alpha value is -4.06. The Kier molecular flexibility index (Phi) is 7.28. The van der Waals surface area contributed by atoms with Crippen LogP contribution in [0.1, 0.15) is 35.5 Å². The second-order valence-corrected chi connectivity index (χ2v) is 7.71. The zero-order valence-electron chi connectivity index (χ0n) is 19.7. The molecular weight excluding hydrogens is 428 g/mol. The van der Waals surface area contributed by atoms with Gasteiger partial charge in [0.15, 0.2) is 0 Å². The standard InChI is InChI=1S/C28H28N2O4/c1-4-32-24-13-11-21(12-14-24)19-34-27-9-7-6-8-25(27)26-15-10-20(3)30(26)23-16-22(17-29-18-23)28(31)33-5-2/h6-18H,4-5,19H2,1-3H3. The van der Waals surface area contributed by atoms with Crippen LogP contribution < -0.4 is 9.47 Å². The van der Waals surface area contributed by atoms with E-state index in [0.29, 0.717) is 25.4 Å². The smallest absolute Gasteiger partial charge is 0.339 e. The fourth-order valence-corrected chi connectivity index (χ4v) is 3.78. The highest BCUT2D eigenvalue weighted by Gasteiger charge is 2.16. The van der Waals surface area contributed by atoms with E-state index in [-0.39, 0.29) is 5.97 Å². The number of benzene rings is 2. The van der Waals surface area contributed by atoms with Crippen molar-refractivity contribution in [3.05, 3.63) is 95.9 Å². The van der Waals surface area contributed by atoms with E-state index in [1.54, 1.807) is 19.2 Å². The average molecular weight is 457 g/mol. The number of hydrogen-bond acceptors (Lipinski definition) is 5. The molecule has 0 spiro atoms. The molecule has 174 valence electrons. The van der Waals surface area contributed by atoms with Crippen molar-refractivity contribution in [1.29, 1.82) is 0 Å². The number of aryl methyl sites for hydroxylation is 1. The van der Waals surface area contributed by atoms with E-state index in [0.717, 1.165) is 39.7 Å². The summed E-state index contributed by atoms with van der Waals surface area (Å²) in [6.07, 6.45) is 3.26. The summed E-state index contributed by atoms with van der Waals surface area (Å²) in [6, 6.07) is 21.7. The Morgan fingerprint density at radius 2 is 1.71 bits per heavy atom. The van der Waals surface area contributed by atoms with Crippen LogP contribution in [-0.4, -0.2) is 28.7 Å². The minimum absolute atomic E-state index is 0.315. The first-order chi connectivity index (χ1) is 16.6. The number of carbonyl (C=O) groups excluding carboxylic acids is 1. The van der Waals surface area contributed by atoms with Crippen molar-refractivity contribution in [3.8, 4) is 28.4 Å². The zero-order valence-corrected chi connectivity index (χ0v) is 19.7. The van der Waals surface area contributed by atoms with E-state index in [4.69, 9.17) is 14.2 Å². The molecule has 0 radical (unpaired) electrons. The molecule has 2 aromatic heterocycles. The Balaban J connectivity index is 1.63. The zero-order chi connectivity index (χ0) is 23.9. The van der Waals surface area contributed by atoms with Gasteiger partial charge in [-0.1, -0.05) is 24.3 Å². The number of pyridine rings is 1. The third kappa shape index (κ3) is 5.12. The van der Waals surface area contributed by atoms with Gasteiger partial charge in [-0.15, -0.1) is 0 Å². The van der Waals surface area contributed by atoms with Crippen molar-refractivity contribution >= 4 is 5.97 Å². The maximum Gasteiger partial charge on any atom is 0.339 e. The molecule has 0 unspecified atom stereocenters. The predicted octanol–water partition coefficient (Wildman–Crippen LogP) is 6.00. The fraction of sp³-hybridized carbons (Fsp3) is 0.214. The molecule has 0 bridgehead atoms. The monoisotopic (exact) mass is 456 g/mol. The second-order valence-electron chi connectivity index (χ2n) is 7.71. The van der Waals surface area contributed by atoms with Crippen molar-refractivity contribution in [2.45, 2.75) is 27.4 Å². The third-order valence-corrected chi connectivity index (χ3v) is 5.36. The lowest BCUT2D eigenvalue weighted by Gasteiger charge is -2.16. The van der Waals surface area contributed by atoms with E-state index in [9.17, 15) is 4.79 Å². The van der Waals surface area contributed by atoms with Crippen LogP contribution in [0, 0.1) is 6.92 Å². The lowest BCUT2D eigenvalue weighted by Crippen LogP contribution is -2.07. The molecule has 0 aliphatic carbocycles. The molecule has 0 fully saturated rings. The SMILES string of the molecule is CCOC(=O)c1cncc(-n2c(C)ccc2-c2ccccc2OCc2ccc(OCC)cc2)c1. The molecule has 0 aliphatic rings. The van der Waals surface area contributed by atoms with Crippen molar-refractivity contribution in [2.75, 3.05) is 13.2 Å². The molecule has 0 saturated heterocycles. The maximum atomic E-state index is 12.2. The molecule has 6 nitrogen and oxygen atoms in total. The molecule has 2 heterocycles.